The summed E-state index contributed by atoms with van der Waals surface area (Å²) in [5.41, 5.74) is 3.60. The average molecular weight is 242 g/mol. The van der Waals surface area contributed by atoms with Crippen LogP contribution in [0, 0.1) is 6.92 Å². The van der Waals surface area contributed by atoms with Crippen LogP contribution in [0.2, 0.25) is 0 Å². The summed E-state index contributed by atoms with van der Waals surface area (Å²) in [7, 11) is 0. The van der Waals surface area contributed by atoms with Crippen LogP contribution in [-0.2, 0) is 5.41 Å². The van der Waals surface area contributed by atoms with Gasteiger partial charge in [0.1, 0.15) is 11.5 Å². The Hall–Kier alpha value is -1.90. The maximum Gasteiger partial charge on any atom is 0.170 e. The van der Waals surface area contributed by atoms with E-state index in [2.05, 4.69) is 36.8 Å². The molecule has 3 heteroatoms. The molecule has 0 atom stereocenters. The van der Waals surface area contributed by atoms with Gasteiger partial charge in [-0.15, -0.1) is 0 Å². The highest BCUT2D eigenvalue weighted by Crippen LogP contribution is 2.31. The Morgan fingerprint density at radius 3 is 2.44 bits per heavy atom. The van der Waals surface area contributed by atoms with Crippen LogP contribution in [0.3, 0.4) is 0 Å². The zero-order chi connectivity index (χ0) is 13.3. The summed E-state index contributed by atoms with van der Waals surface area (Å²) in [6, 6.07) is 8.16. The van der Waals surface area contributed by atoms with Crippen LogP contribution in [0.5, 0.6) is 0 Å². The lowest BCUT2D eigenvalue weighted by atomic mass is 9.83. The molecule has 18 heavy (non-hydrogen) atoms. The Morgan fingerprint density at radius 1 is 1.22 bits per heavy atom. The predicted molar refractivity (Wildman–Crippen MR) is 72.8 cm³/mol. The zero-order valence-electron chi connectivity index (χ0n) is 11.2. The summed E-state index contributed by atoms with van der Waals surface area (Å²) in [4.78, 5) is 18.4. The van der Waals surface area contributed by atoms with Gasteiger partial charge in [-0.3, -0.25) is 4.79 Å². The fourth-order valence-corrected chi connectivity index (χ4v) is 2.06. The van der Waals surface area contributed by atoms with Crippen LogP contribution < -0.4 is 0 Å². The van der Waals surface area contributed by atoms with Crippen molar-refractivity contribution in [2.45, 2.75) is 33.1 Å². The first-order valence-corrected chi connectivity index (χ1v) is 6.05. The lowest BCUT2D eigenvalue weighted by molar-refractivity contribution is 0.111. The van der Waals surface area contributed by atoms with Crippen molar-refractivity contribution < 1.29 is 4.79 Å². The van der Waals surface area contributed by atoms with Crippen molar-refractivity contribution in [1.29, 1.82) is 0 Å². The molecule has 2 rings (SSSR count). The van der Waals surface area contributed by atoms with Crippen LogP contribution in [0.15, 0.2) is 24.3 Å². The highest BCUT2D eigenvalue weighted by atomic mass is 16.1. The van der Waals surface area contributed by atoms with Gasteiger partial charge in [-0.2, -0.15) is 0 Å². The van der Waals surface area contributed by atoms with Crippen molar-refractivity contribution >= 4 is 6.29 Å². The second-order valence-corrected chi connectivity index (χ2v) is 5.51. The molecule has 0 aliphatic rings. The van der Waals surface area contributed by atoms with Gasteiger partial charge >= 0.3 is 0 Å². The number of aromatic amines is 1. The van der Waals surface area contributed by atoms with E-state index in [0.29, 0.717) is 5.69 Å². The second kappa shape index (κ2) is 4.41. The minimum Gasteiger partial charge on any atom is -0.341 e. The molecular formula is C15H18N2O. The minimum atomic E-state index is 0.0403. The number of nitrogens with zero attached hydrogens (tertiary/aromatic N) is 1. The number of carbonyl (C=O) groups is 1. The van der Waals surface area contributed by atoms with E-state index in [4.69, 9.17) is 0 Å². The lowest BCUT2D eigenvalue weighted by Gasteiger charge is -2.21. The van der Waals surface area contributed by atoms with E-state index in [1.54, 1.807) is 0 Å². The van der Waals surface area contributed by atoms with Crippen molar-refractivity contribution in [1.82, 2.24) is 9.97 Å². The van der Waals surface area contributed by atoms with Gasteiger partial charge in [-0.25, -0.2) is 4.98 Å². The van der Waals surface area contributed by atoms with E-state index in [1.165, 1.54) is 5.56 Å². The molecule has 0 aliphatic carbocycles. The summed E-state index contributed by atoms with van der Waals surface area (Å²) < 4.78 is 0. The lowest BCUT2D eigenvalue weighted by Crippen LogP contribution is -2.12. The van der Waals surface area contributed by atoms with Crippen molar-refractivity contribution in [3.8, 4) is 11.4 Å². The van der Waals surface area contributed by atoms with E-state index in [9.17, 15) is 4.79 Å². The summed E-state index contributed by atoms with van der Waals surface area (Å²) in [6.45, 7) is 8.37. The van der Waals surface area contributed by atoms with Gasteiger partial charge in [0.2, 0.25) is 0 Å². The van der Waals surface area contributed by atoms with Gasteiger partial charge in [0.15, 0.2) is 6.29 Å². The van der Waals surface area contributed by atoms with E-state index in [0.717, 1.165) is 23.4 Å². The van der Waals surface area contributed by atoms with Gasteiger partial charge in [0.25, 0.3) is 0 Å². The number of hydrogen-bond donors (Lipinski definition) is 1. The van der Waals surface area contributed by atoms with Crippen LogP contribution in [0.25, 0.3) is 11.4 Å². The van der Waals surface area contributed by atoms with Gasteiger partial charge in [-0.1, -0.05) is 45.0 Å². The van der Waals surface area contributed by atoms with Crippen molar-refractivity contribution in [3.05, 3.63) is 41.2 Å². The molecule has 1 N–H and O–H groups in total. The summed E-state index contributed by atoms with van der Waals surface area (Å²) in [6.07, 6.45) is 0.787. The molecule has 3 nitrogen and oxygen atoms in total. The molecule has 0 spiro atoms. The molecular weight excluding hydrogens is 224 g/mol. The van der Waals surface area contributed by atoms with E-state index >= 15 is 0 Å². The number of benzene rings is 1. The van der Waals surface area contributed by atoms with Crippen molar-refractivity contribution in [2.75, 3.05) is 0 Å². The topological polar surface area (TPSA) is 45.8 Å². The number of aryl methyl sites for hydroxylation is 1. The standard InChI is InChI=1S/C15H18N2O/c1-10-13(9-18)17-14(16-10)11-7-5-6-8-12(11)15(2,3)4/h5-9H,1-4H3,(H,16,17). The fraction of sp³-hybridized carbons (Fsp3) is 0.333. The first kappa shape index (κ1) is 12.6. The number of imidazole rings is 1. The fourth-order valence-electron chi connectivity index (χ4n) is 2.06. The van der Waals surface area contributed by atoms with Crippen LogP contribution in [0.4, 0.5) is 0 Å². The number of hydrogen-bond acceptors (Lipinski definition) is 2. The molecule has 0 aliphatic heterocycles. The number of rotatable bonds is 2. The molecule has 0 unspecified atom stereocenters. The third-order valence-electron chi connectivity index (χ3n) is 3.02. The Bertz CT molecular complexity index is 576. The van der Waals surface area contributed by atoms with Crippen LogP contribution in [0.1, 0.15) is 42.5 Å². The Kier molecular flexibility index (Phi) is 3.07. The maximum absolute atomic E-state index is 10.9. The largest absolute Gasteiger partial charge is 0.341 e. The number of carbonyl (C=O) groups excluding carboxylic acids is 1. The molecule has 0 saturated carbocycles. The summed E-state index contributed by atoms with van der Waals surface area (Å²) in [5, 5.41) is 0. The summed E-state index contributed by atoms with van der Waals surface area (Å²) >= 11 is 0. The molecule has 2 aromatic rings. The van der Waals surface area contributed by atoms with E-state index in [1.807, 2.05) is 25.1 Å². The molecule has 0 fully saturated rings. The molecule has 94 valence electrons. The highest BCUT2D eigenvalue weighted by Gasteiger charge is 2.20. The highest BCUT2D eigenvalue weighted by molar-refractivity contribution is 5.76. The van der Waals surface area contributed by atoms with Gasteiger partial charge in [-0.05, 0) is 17.9 Å². The normalized spacial score (nSPS) is 11.6. The molecule has 1 heterocycles. The SMILES string of the molecule is Cc1[nH]c(-c2ccccc2C(C)(C)C)nc1C=O. The maximum atomic E-state index is 10.9. The molecule has 0 bridgehead atoms. The predicted octanol–water partition coefficient (Wildman–Crippen LogP) is 3.50. The Balaban J connectivity index is 2.60. The van der Waals surface area contributed by atoms with E-state index in [-0.39, 0.29) is 5.41 Å². The second-order valence-electron chi connectivity index (χ2n) is 5.51. The van der Waals surface area contributed by atoms with Gasteiger partial charge in [0.05, 0.1) is 0 Å². The number of aromatic nitrogens is 2. The van der Waals surface area contributed by atoms with Crippen LogP contribution >= 0.6 is 0 Å². The van der Waals surface area contributed by atoms with E-state index < -0.39 is 0 Å². The quantitative estimate of drug-likeness (QED) is 0.819. The minimum absolute atomic E-state index is 0.0403. The third kappa shape index (κ3) is 2.21. The zero-order valence-corrected chi connectivity index (χ0v) is 11.2. The van der Waals surface area contributed by atoms with Crippen molar-refractivity contribution in [3.63, 3.8) is 0 Å². The smallest absolute Gasteiger partial charge is 0.170 e. The summed E-state index contributed by atoms with van der Waals surface area (Å²) in [5.74, 6) is 0.764. The van der Waals surface area contributed by atoms with Gasteiger partial charge in [0, 0.05) is 11.3 Å². The first-order valence-electron chi connectivity index (χ1n) is 6.05. The molecule has 1 aromatic carbocycles. The molecule has 0 radical (unpaired) electrons. The number of aldehydes is 1. The monoisotopic (exact) mass is 242 g/mol. The number of nitrogens with one attached hydrogen (secondary N) is 1. The van der Waals surface area contributed by atoms with Crippen molar-refractivity contribution in [2.24, 2.45) is 0 Å². The molecule has 1 aromatic heterocycles. The molecule has 0 saturated heterocycles. The molecule has 0 amide bonds. The number of H-pyrrole nitrogens is 1. The van der Waals surface area contributed by atoms with Gasteiger partial charge < -0.3 is 4.98 Å². The average Bonchev–Trinajstić information content (AvgIpc) is 2.69. The van der Waals surface area contributed by atoms with Crippen LogP contribution in [-0.4, -0.2) is 16.3 Å². The first-order chi connectivity index (χ1) is 8.43. The third-order valence-corrected chi connectivity index (χ3v) is 3.02. The Morgan fingerprint density at radius 2 is 1.89 bits per heavy atom. The Labute approximate surface area is 107 Å².